The number of nitrogens with zero attached hydrogens (tertiary/aromatic N) is 1. The van der Waals surface area contributed by atoms with E-state index in [0.29, 0.717) is 48.3 Å². The molecule has 1 amide bonds. The average Bonchev–Trinajstić information content (AvgIpc) is 3.20. The first-order valence-corrected chi connectivity index (χ1v) is 19.4. The molecule has 3 unspecified atom stereocenters. The molecule has 9 nitrogen and oxygen atoms in total. The fraction of sp³-hybridized carbons (Fsp3) is 0.356. The van der Waals surface area contributed by atoms with Crippen molar-refractivity contribution in [3.63, 3.8) is 0 Å². The van der Waals surface area contributed by atoms with E-state index in [-0.39, 0.29) is 37.2 Å². The molecule has 2 aliphatic heterocycles. The van der Waals surface area contributed by atoms with E-state index in [9.17, 15) is 24.6 Å². The molecule has 1 saturated heterocycles. The Morgan fingerprint density at radius 2 is 1.49 bits per heavy atom. The summed E-state index contributed by atoms with van der Waals surface area (Å²) in [5.41, 5.74) is 2.35. The van der Waals surface area contributed by atoms with Gasteiger partial charge in [-0.25, -0.2) is 9.59 Å². The highest BCUT2D eigenvalue weighted by Gasteiger charge is 2.57. The summed E-state index contributed by atoms with van der Waals surface area (Å²) in [6, 6.07) is 35.7. The number of carbonyl (C=O) groups excluding carboxylic acids is 1. The molecule has 1 fully saturated rings. The smallest absolute Gasteiger partial charge is 0.410 e. The van der Waals surface area contributed by atoms with Crippen molar-refractivity contribution in [3.05, 3.63) is 154 Å². The van der Waals surface area contributed by atoms with E-state index >= 15 is 0 Å². The quantitative estimate of drug-likeness (QED) is 0.103. The van der Waals surface area contributed by atoms with Gasteiger partial charge in [0.05, 0.1) is 18.2 Å². The van der Waals surface area contributed by atoms with Crippen molar-refractivity contribution >= 4 is 29.6 Å². The van der Waals surface area contributed by atoms with Crippen LogP contribution < -0.4 is 5.32 Å². The van der Waals surface area contributed by atoms with Gasteiger partial charge in [-0.3, -0.25) is 4.79 Å². The third-order valence-electron chi connectivity index (χ3n) is 11.3. The number of ether oxygens (including phenoxy) is 2. The van der Waals surface area contributed by atoms with E-state index in [1.54, 1.807) is 36.1 Å². The molecule has 288 valence electrons. The van der Waals surface area contributed by atoms with Crippen LogP contribution in [0.4, 0.5) is 4.79 Å². The highest BCUT2D eigenvalue weighted by atomic mass is 35.5. The number of amides is 1. The Balaban J connectivity index is 1.20. The normalized spacial score (nSPS) is 20.2. The summed E-state index contributed by atoms with van der Waals surface area (Å²) < 4.78 is 11.9. The maximum absolute atomic E-state index is 14.0. The van der Waals surface area contributed by atoms with Gasteiger partial charge >= 0.3 is 18.0 Å². The number of carboxylic acids is 2. The second-order valence-corrected chi connectivity index (χ2v) is 15.1. The zero-order valence-corrected chi connectivity index (χ0v) is 31.9. The molecule has 2 heterocycles. The van der Waals surface area contributed by atoms with Crippen molar-refractivity contribution in [2.45, 2.75) is 63.5 Å². The van der Waals surface area contributed by atoms with Crippen LogP contribution in [0.15, 0.2) is 127 Å². The molecule has 0 aromatic heterocycles. The van der Waals surface area contributed by atoms with Crippen molar-refractivity contribution in [3.8, 4) is 0 Å². The second-order valence-electron chi connectivity index (χ2n) is 14.6. The van der Waals surface area contributed by atoms with E-state index < -0.39 is 29.3 Å². The van der Waals surface area contributed by atoms with E-state index in [1.807, 2.05) is 91.0 Å². The Labute approximate surface area is 327 Å². The van der Waals surface area contributed by atoms with E-state index in [0.717, 1.165) is 36.0 Å². The lowest BCUT2D eigenvalue weighted by Crippen LogP contribution is -2.59. The molecule has 2 aliphatic rings. The number of hydrogen-bond donors (Lipinski definition) is 3. The van der Waals surface area contributed by atoms with Gasteiger partial charge in [0.25, 0.3) is 0 Å². The Hall–Kier alpha value is -5.12. The van der Waals surface area contributed by atoms with E-state index in [4.69, 9.17) is 21.1 Å². The Morgan fingerprint density at radius 3 is 2.07 bits per heavy atom. The van der Waals surface area contributed by atoms with Crippen LogP contribution in [0, 0.1) is 11.3 Å². The minimum absolute atomic E-state index is 0.00550. The molecule has 6 rings (SSSR count). The van der Waals surface area contributed by atoms with Crippen LogP contribution in [-0.2, 0) is 25.7 Å². The fourth-order valence-corrected chi connectivity index (χ4v) is 8.61. The van der Waals surface area contributed by atoms with Crippen LogP contribution in [0.5, 0.6) is 0 Å². The topological polar surface area (TPSA) is 125 Å². The van der Waals surface area contributed by atoms with Crippen LogP contribution in [0.25, 0.3) is 0 Å². The van der Waals surface area contributed by atoms with Gasteiger partial charge in [-0.1, -0.05) is 115 Å². The zero-order chi connectivity index (χ0) is 38.8. The summed E-state index contributed by atoms with van der Waals surface area (Å²) in [6.07, 6.45) is 2.65. The number of carboxylic acid groups (broad SMARTS) is 2. The van der Waals surface area contributed by atoms with Crippen LogP contribution >= 0.6 is 11.6 Å². The molecule has 4 aromatic carbocycles. The van der Waals surface area contributed by atoms with Gasteiger partial charge in [0.2, 0.25) is 0 Å². The predicted molar refractivity (Wildman–Crippen MR) is 212 cm³/mol. The number of piperidine rings is 1. The molecule has 0 aliphatic carbocycles. The number of benzene rings is 4. The van der Waals surface area contributed by atoms with Gasteiger partial charge in [0, 0.05) is 42.3 Å². The first kappa shape index (κ1) is 39.6. The van der Waals surface area contributed by atoms with Crippen molar-refractivity contribution in [2.24, 2.45) is 11.3 Å². The van der Waals surface area contributed by atoms with Gasteiger partial charge in [-0.2, -0.15) is 0 Å². The van der Waals surface area contributed by atoms with Crippen LogP contribution in [-0.4, -0.2) is 65.5 Å². The molecule has 0 radical (unpaired) electrons. The first-order chi connectivity index (χ1) is 26.7. The molecular formula is C45H49ClN2O7. The third-order valence-corrected chi connectivity index (χ3v) is 11.5. The number of allylic oxidation sites excluding steroid dienone is 1. The highest BCUT2D eigenvalue weighted by molar-refractivity contribution is 6.30. The number of aliphatic carboxylic acids is 2. The largest absolute Gasteiger partial charge is 0.481 e. The average molecular weight is 765 g/mol. The van der Waals surface area contributed by atoms with Gasteiger partial charge in [0.1, 0.15) is 12.0 Å². The predicted octanol–water partition coefficient (Wildman–Crippen LogP) is 8.89. The summed E-state index contributed by atoms with van der Waals surface area (Å²) in [4.78, 5) is 41.5. The zero-order valence-electron chi connectivity index (χ0n) is 31.1. The van der Waals surface area contributed by atoms with Gasteiger partial charge < -0.3 is 29.9 Å². The number of likely N-dealkylation sites (tertiary alicyclic amines) is 1. The molecule has 0 saturated carbocycles. The summed E-state index contributed by atoms with van der Waals surface area (Å²) >= 11 is 6.49. The van der Waals surface area contributed by atoms with Crippen molar-refractivity contribution < 1.29 is 34.1 Å². The molecular weight excluding hydrogens is 716 g/mol. The van der Waals surface area contributed by atoms with Crippen molar-refractivity contribution in [2.75, 3.05) is 26.3 Å². The fourth-order valence-electron chi connectivity index (χ4n) is 8.41. The lowest BCUT2D eigenvalue weighted by Gasteiger charge is -2.48. The number of halogens is 1. The minimum Gasteiger partial charge on any atom is -0.481 e. The molecule has 3 N–H and O–H groups in total. The van der Waals surface area contributed by atoms with E-state index in [2.05, 4.69) is 5.32 Å². The molecule has 0 bridgehead atoms. The molecule has 4 aromatic rings. The van der Waals surface area contributed by atoms with Crippen molar-refractivity contribution in [1.29, 1.82) is 0 Å². The standard InChI is InChI=1S/C45H49ClN2O7/c1-31-40(42(49)50)41(36-18-11-19-37(46)28-36)45(43(51)52,24-20-38(34-14-7-3-8-15-34)35-16-9-4-10-17-35)39(47-31)30-54-27-23-32-21-25-48(26-22-32)44(53)55-29-33-12-5-2-6-13-33/h2-19,28,32,38-39,41,47H,20-27,29-30H2,1H3,(H,49,50)(H,51,52). The SMILES string of the molecule is CC1=C(C(=O)O)C(c2cccc(Cl)c2)C(CCC(c2ccccc2)c2ccccc2)(C(=O)O)C(COCCC2CCN(C(=O)OCc3ccccc3)CC2)N1. The van der Waals surface area contributed by atoms with Crippen LogP contribution in [0.2, 0.25) is 5.02 Å². The molecule has 3 atom stereocenters. The Bertz CT molecular complexity index is 1890. The maximum Gasteiger partial charge on any atom is 0.410 e. The monoisotopic (exact) mass is 764 g/mol. The third kappa shape index (κ3) is 9.40. The van der Waals surface area contributed by atoms with Crippen LogP contribution in [0.3, 0.4) is 0 Å². The lowest BCUT2D eigenvalue weighted by atomic mass is 9.59. The Kier molecular flexibility index (Phi) is 13.3. The summed E-state index contributed by atoms with van der Waals surface area (Å²) in [5.74, 6) is -3.11. The molecule has 55 heavy (non-hydrogen) atoms. The second kappa shape index (κ2) is 18.5. The van der Waals surface area contributed by atoms with Crippen LogP contribution in [0.1, 0.15) is 73.1 Å². The first-order valence-electron chi connectivity index (χ1n) is 19.0. The maximum atomic E-state index is 14.0. The number of rotatable bonds is 15. The summed E-state index contributed by atoms with van der Waals surface area (Å²) in [5, 5.41) is 25.8. The van der Waals surface area contributed by atoms with E-state index in [1.165, 1.54) is 0 Å². The minimum atomic E-state index is -1.62. The van der Waals surface area contributed by atoms with Gasteiger partial charge in [0.15, 0.2) is 0 Å². The summed E-state index contributed by atoms with van der Waals surface area (Å²) in [7, 11) is 0. The lowest BCUT2D eigenvalue weighted by molar-refractivity contribution is -0.155. The van der Waals surface area contributed by atoms with Crippen molar-refractivity contribution in [1.82, 2.24) is 10.2 Å². The number of nitrogens with one attached hydrogen (secondary N) is 1. The number of hydrogen-bond acceptors (Lipinski definition) is 6. The molecule has 0 spiro atoms. The summed E-state index contributed by atoms with van der Waals surface area (Å²) in [6.45, 7) is 3.56. The van der Waals surface area contributed by atoms with Gasteiger partial charge in [-0.05, 0) is 79.3 Å². The number of carbonyl (C=O) groups is 3. The Morgan fingerprint density at radius 1 is 0.873 bits per heavy atom. The highest BCUT2D eigenvalue weighted by Crippen LogP contribution is 2.52. The van der Waals surface area contributed by atoms with Gasteiger partial charge in [-0.15, -0.1) is 0 Å². The molecule has 10 heteroatoms.